The molecule has 1 heterocycles. The van der Waals surface area contributed by atoms with Crippen LogP contribution in [0.2, 0.25) is 0 Å². The van der Waals surface area contributed by atoms with Crippen LogP contribution in [0.5, 0.6) is 0 Å². The Morgan fingerprint density at radius 2 is 2.07 bits per heavy atom. The summed E-state index contributed by atoms with van der Waals surface area (Å²) in [4.78, 5) is 16.0. The van der Waals surface area contributed by atoms with E-state index in [1.807, 2.05) is 18.2 Å². The number of aliphatic imine (C=N–C) groups is 1. The summed E-state index contributed by atoms with van der Waals surface area (Å²) in [5.74, 6) is 0. The van der Waals surface area contributed by atoms with Gasteiger partial charge in [0.15, 0.2) is 0 Å². The van der Waals surface area contributed by atoms with Gasteiger partial charge in [-0.1, -0.05) is 6.07 Å². The van der Waals surface area contributed by atoms with Crippen molar-refractivity contribution < 1.29 is 4.79 Å². The topological polar surface area (TPSA) is 32.7 Å². The number of rotatable bonds is 2. The van der Waals surface area contributed by atoms with Crippen LogP contribution in [0, 0.1) is 0 Å². The molecule has 0 radical (unpaired) electrons. The summed E-state index contributed by atoms with van der Waals surface area (Å²) in [6.45, 7) is 2.21. The third-order valence-electron chi connectivity index (χ3n) is 2.48. The Kier molecular flexibility index (Phi) is 2.61. The molecule has 3 heteroatoms. The van der Waals surface area contributed by atoms with Crippen molar-refractivity contribution in [1.82, 2.24) is 0 Å². The second kappa shape index (κ2) is 4.07. The average molecular weight is 188 g/mol. The van der Waals surface area contributed by atoms with Crippen molar-refractivity contribution in [2.24, 2.45) is 4.99 Å². The standard InChI is InChI=1S/C11H12N2O/c14-9-12-10-4-3-5-11(8-10)13-6-1-2-7-13/h3-5,8H,1-2,6-7H2. The average Bonchev–Trinajstić information content (AvgIpc) is 2.71. The number of carbonyl (C=O) groups excluding carboxylic acids is 1. The van der Waals surface area contributed by atoms with Gasteiger partial charge in [0.1, 0.15) is 0 Å². The zero-order valence-corrected chi connectivity index (χ0v) is 7.94. The summed E-state index contributed by atoms with van der Waals surface area (Å²) < 4.78 is 0. The molecule has 1 aliphatic rings. The van der Waals surface area contributed by atoms with Gasteiger partial charge in [-0.05, 0) is 31.0 Å². The summed E-state index contributed by atoms with van der Waals surface area (Å²) in [5, 5.41) is 0. The van der Waals surface area contributed by atoms with Crippen LogP contribution in [0.3, 0.4) is 0 Å². The maximum atomic E-state index is 10.1. The molecule has 1 aliphatic heterocycles. The van der Waals surface area contributed by atoms with Gasteiger partial charge < -0.3 is 4.90 Å². The first kappa shape index (κ1) is 8.97. The van der Waals surface area contributed by atoms with Crippen LogP contribution < -0.4 is 4.90 Å². The molecule has 14 heavy (non-hydrogen) atoms. The van der Waals surface area contributed by atoms with E-state index in [0.29, 0.717) is 5.69 Å². The first-order valence-corrected chi connectivity index (χ1v) is 4.83. The van der Waals surface area contributed by atoms with Gasteiger partial charge in [0.05, 0.1) is 5.69 Å². The second-order valence-corrected chi connectivity index (χ2v) is 3.42. The lowest BCUT2D eigenvalue weighted by Crippen LogP contribution is -2.17. The van der Waals surface area contributed by atoms with E-state index in [9.17, 15) is 4.79 Å². The first-order chi connectivity index (χ1) is 6.90. The molecule has 0 N–H and O–H groups in total. The molecule has 1 saturated heterocycles. The molecular formula is C11H12N2O. The minimum atomic E-state index is 0.685. The highest BCUT2D eigenvalue weighted by Crippen LogP contribution is 2.24. The highest BCUT2D eigenvalue weighted by atomic mass is 16.1. The van der Waals surface area contributed by atoms with Gasteiger partial charge >= 0.3 is 0 Å². The molecule has 0 spiro atoms. The van der Waals surface area contributed by atoms with E-state index < -0.39 is 0 Å². The van der Waals surface area contributed by atoms with E-state index in [4.69, 9.17) is 0 Å². The lowest BCUT2D eigenvalue weighted by atomic mass is 10.2. The predicted octanol–water partition coefficient (Wildman–Crippen LogP) is 2.25. The van der Waals surface area contributed by atoms with E-state index in [0.717, 1.165) is 18.8 Å². The van der Waals surface area contributed by atoms with Crippen molar-refractivity contribution in [3.05, 3.63) is 24.3 Å². The summed E-state index contributed by atoms with van der Waals surface area (Å²) >= 11 is 0. The van der Waals surface area contributed by atoms with Gasteiger partial charge in [-0.15, -0.1) is 0 Å². The van der Waals surface area contributed by atoms with Crippen molar-refractivity contribution in [2.45, 2.75) is 12.8 Å². The van der Waals surface area contributed by atoms with Crippen LogP contribution in [-0.4, -0.2) is 19.2 Å². The molecule has 0 amide bonds. The Morgan fingerprint density at radius 3 is 2.79 bits per heavy atom. The lowest BCUT2D eigenvalue weighted by molar-refractivity contribution is 0.565. The Hall–Kier alpha value is -1.60. The third-order valence-corrected chi connectivity index (χ3v) is 2.48. The molecule has 0 saturated carbocycles. The molecule has 0 aliphatic carbocycles. The molecule has 2 rings (SSSR count). The van der Waals surface area contributed by atoms with Crippen LogP contribution in [0.25, 0.3) is 0 Å². The van der Waals surface area contributed by atoms with Crippen molar-refractivity contribution in [1.29, 1.82) is 0 Å². The van der Waals surface area contributed by atoms with Crippen molar-refractivity contribution in [3.8, 4) is 0 Å². The Labute approximate surface area is 83.1 Å². The van der Waals surface area contributed by atoms with E-state index >= 15 is 0 Å². The molecule has 0 bridgehead atoms. The summed E-state index contributed by atoms with van der Waals surface area (Å²) in [7, 11) is 0. The molecule has 1 aromatic rings. The third kappa shape index (κ3) is 1.83. The van der Waals surface area contributed by atoms with Crippen LogP contribution in [0.15, 0.2) is 29.3 Å². The van der Waals surface area contributed by atoms with E-state index in [1.165, 1.54) is 12.8 Å². The molecule has 3 nitrogen and oxygen atoms in total. The number of hydrogen-bond donors (Lipinski definition) is 0. The molecule has 1 fully saturated rings. The normalized spacial score (nSPS) is 15.3. The maximum Gasteiger partial charge on any atom is 0.240 e. The van der Waals surface area contributed by atoms with Gasteiger partial charge in [0.2, 0.25) is 6.08 Å². The zero-order valence-electron chi connectivity index (χ0n) is 7.94. The fourth-order valence-electron chi connectivity index (χ4n) is 1.79. The van der Waals surface area contributed by atoms with Crippen molar-refractivity contribution in [2.75, 3.05) is 18.0 Å². The van der Waals surface area contributed by atoms with Gasteiger partial charge in [0, 0.05) is 18.8 Å². The number of isocyanates is 1. The molecule has 0 unspecified atom stereocenters. The highest BCUT2D eigenvalue weighted by Gasteiger charge is 2.11. The number of nitrogens with zero attached hydrogens (tertiary/aromatic N) is 2. The maximum absolute atomic E-state index is 10.1. The molecule has 0 aromatic heterocycles. The minimum absolute atomic E-state index is 0.685. The quantitative estimate of drug-likeness (QED) is 0.526. The van der Waals surface area contributed by atoms with Gasteiger partial charge in [-0.25, -0.2) is 4.79 Å². The van der Waals surface area contributed by atoms with Crippen LogP contribution in [0.4, 0.5) is 11.4 Å². The Balaban J connectivity index is 2.24. The minimum Gasteiger partial charge on any atom is -0.371 e. The van der Waals surface area contributed by atoms with E-state index in [1.54, 1.807) is 6.08 Å². The number of hydrogen-bond acceptors (Lipinski definition) is 3. The number of anilines is 1. The Morgan fingerprint density at radius 1 is 1.29 bits per heavy atom. The molecule has 72 valence electrons. The van der Waals surface area contributed by atoms with Gasteiger partial charge in [0.25, 0.3) is 0 Å². The van der Waals surface area contributed by atoms with Crippen molar-refractivity contribution >= 4 is 17.5 Å². The smallest absolute Gasteiger partial charge is 0.240 e. The van der Waals surface area contributed by atoms with Crippen LogP contribution >= 0.6 is 0 Å². The molecular weight excluding hydrogens is 176 g/mol. The predicted molar refractivity (Wildman–Crippen MR) is 55.7 cm³/mol. The SMILES string of the molecule is O=C=Nc1cccc(N2CCCC2)c1. The molecule has 1 aromatic carbocycles. The second-order valence-electron chi connectivity index (χ2n) is 3.42. The number of benzene rings is 1. The van der Waals surface area contributed by atoms with Crippen LogP contribution in [-0.2, 0) is 4.79 Å². The fourth-order valence-corrected chi connectivity index (χ4v) is 1.79. The summed E-state index contributed by atoms with van der Waals surface area (Å²) in [6, 6.07) is 7.71. The summed E-state index contributed by atoms with van der Waals surface area (Å²) in [6.07, 6.45) is 4.06. The zero-order chi connectivity index (χ0) is 9.80. The summed E-state index contributed by atoms with van der Waals surface area (Å²) in [5.41, 5.74) is 1.84. The fraction of sp³-hybridized carbons (Fsp3) is 0.364. The molecule has 0 atom stereocenters. The van der Waals surface area contributed by atoms with Gasteiger partial charge in [-0.3, -0.25) is 0 Å². The van der Waals surface area contributed by atoms with Gasteiger partial charge in [-0.2, -0.15) is 4.99 Å². The Bertz CT molecular complexity index is 363. The van der Waals surface area contributed by atoms with E-state index in [2.05, 4.69) is 16.0 Å². The van der Waals surface area contributed by atoms with Crippen LogP contribution in [0.1, 0.15) is 12.8 Å². The first-order valence-electron chi connectivity index (χ1n) is 4.83. The lowest BCUT2D eigenvalue weighted by Gasteiger charge is -2.17. The largest absolute Gasteiger partial charge is 0.371 e. The monoisotopic (exact) mass is 188 g/mol. The van der Waals surface area contributed by atoms with E-state index in [-0.39, 0.29) is 0 Å². The highest BCUT2D eigenvalue weighted by molar-refractivity contribution is 5.58. The van der Waals surface area contributed by atoms with Crippen molar-refractivity contribution in [3.63, 3.8) is 0 Å².